The summed E-state index contributed by atoms with van der Waals surface area (Å²) in [6.07, 6.45) is 18.2. The third-order valence-corrected chi connectivity index (χ3v) is 7.48. The van der Waals surface area contributed by atoms with E-state index >= 15 is 0 Å². The molecule has 2 heteroatoms. The van der Waals surface area contributed by atoms with Gasteiger partial charge in [0.2, 0.25) is 0 Å². The second kappa shape index (κ2) is 5.60. The van der Waals surface area contributed by atoms with Gasteiger partial charge in [0.05, 0.1) is 0 Å². The van der Waals surface area contributed by atoms with Crippen molar-refractivity contribution in [3.63, 3.8) is 0 Å². The molecule has 1 aliphatic heterocycles. The average Bonchev–Trinajstić information content (AvgIpc) is 2.09. The van der Waals surface area contributed by atoms with Crippen LogP contribution in [0.3, 0.4) is 0 Å². The summed E-state index contributed by atoms with van der Waals surface area (Å²) in [6, 6.07) is 0. The molecule has 0 spiro atoms. The first kappa shape index (κ1) is 10.1. The van der Waals surface area contributed by atoms with Gasteiger partial charge in [0.1, 0.15) is 0 Å². The van der Waals surface area contributed by atoms with Crippen LogP contribution in [0.5, 0.6) is 0 Å². The van der Waals surface area contributed by atoms with Gasteiger partial charge in [-0.15, -0.1) is 24.7 Å². The van der Waals surface area contributed by atoms with Gasteiger partial charge in [-0.25, -0.2) is 0 Å². The Labute approximate surface area is 78.0 Å². The van der Waals surface area contributed by atoms with Crippen LogP contribution in [0.2, 0.25) is 0 Å². The molecule has 0 N–H and O–H groups in total. The summed E-state index contributed by atoms with van der Waals surface area (Å²) in [5.74, 6) is 5.56. The fraction of sp³-hybridized carbons (Fsp3) is 0.600. The maximum Gasteiger partial charge on any atom is 0.0289 e. The Hall–Kier alpha value is -0.0200. The normalized spacial score (nSPS) is 28.8. The quantitative estimate of drug-likeness (QED) is 0.469. The zero-order chi connectivity index (χ0) is 8.81. The molecule has 0 aromatic heterocycles. The Kier molecular flexibility index (Phi) is 4.69. The molecule has 0 radical (unpaired) electrons. The topological polar surface area (TPSA) is 0 Å². The van der Waals surface area contributed by atoms with E-state index in [0.717, 1.165) is 12.3 Å². The van der Waals surface area contributed by atoms with E-state index < -0.39 is 0 Å². The van der Waals surface area contributed by atoms with Gasteiger partial charge in [-0.3, -0.25) is 0 Å². The summed E-state index contributed by atoms with van der Waals surface area (Å²) < 4.78 is 0. The minimum absolute atomic E-state index is 0.202. The molecule has 1 rings (SSSR count). The Morgan fingerprint density at radius 1 is 0.833 bits per heavy atom. The number of terminal acetylenes is 2. The molecule has 1 fully saturated rings. The predicted octanol–water partition coefficient (Wildman–Crippen LogP) is 2.23. The van der Waals surface area contributed by atoms with E-state index in [1.54, 1.807) is 0 Å². The molecule has 64 valence electrons. The lowest BCUT2D eigenvalue weighted by Crippen LogP contribution is -2.10. The van der Waals surface area contributed by atoms with Crippen molar-refractivity contribution < 1.29 is 0 Å². The van der Waals surface area contributed by atoms with Crippen LogP contribution in [0.1, 0.15) is 0 Å². The van der Waals surface area contributed by atoms with Gasteiger partial charge < -0.3 is 0 Å². The summed E-state index contributed by atoms with van der Waals surface area (Å²) in [5.41, 5.74) is 0. The zero-order valence-corrected chi connectivity index (χ0v) is 9.08. The SMILES string of the molecule is C#CCP1CCP(CC#C)CC1. The van der Waals surface area contributed by atoms with E-state index in [2.05, 4.69) is 11.8 Å². The first-order chi connectivity index (χ1) is 5.86. The predicted molar refractivity (Wildman–Crippen MR) is 60.7 cm³/mol. The van der Waals surface area contributed by atoms with E-state index in [4.69, 9.17) is 12.8 Å². The van der Waals surface area contributed by atoms with Crippen LogP contribution in [0.25, 0.3) is 0 Å². The molecule has 0 bridgehead atoms. The summed E-state index contributed by atoms with van der Waals surface area (Å²) in [5, 5.41) is 0. The summed E-state index contributed by atoms with van der Waals surface area (Å²) in [6.45, 7) is 0. The van der Waals surface area contributed by atoms with Gasteiger partial charge in [0.25, 0.3) is 0 Å². The van der Waals surface area contributed by atoms with Crippen LogP contribution in [-0.4, -0.2) is 37.0 Å². The maximum atomic E-state index is 5.29. The summed E-state index contributed by atoms with van der Waals surface area (Å²) in [7, 11) is 0.405. The highest BCUT2D eigenvalue weighted by Crippen LogP contribution is 2.49. The Morgan fingerprint density at radius 3 is 1.42 bits per heavy atom. The molecule has 0 nitrogen and oxygen atoms in total. The fourth-order valence-corrected chi connectivity index (χ4v) is 7.49. The molecule has 1 heterocycles. The van der Waals surface area contributed by atoms with Crippen LogP contribution in [0.15, 0.2) is 0 Å². The third kappa shape index (κ3) is 3.15. The molecule has 0 saturated carbocycles. The van der Waals surface area contributed by atoms with E-state index in [9.17, 15) is 0 Å². The minimum Gasteiger partial charge on any atom is -0.120 e. The summed E-state index contributed by atoms with van der Waals surface area (Å²) >= 11 is 0. The molecule has 0 aromatic carbocycles. The van der Waals surface area contributed by atoms with Crippen molar-refractivity contribution in [2.75, 3.05) is 37.0 Å². The van der Waals surface area contributed by atoms with Crippen LogP contribution >= 0.6 is 15.8 Å². The lowest BCUT2D eigenvalue weighted by Gasteiger charge is -2.26. The lowest BCUT2D eigenvalue weighted by molar-refractivity contribution is 1.32. The van der Waals surface area contributed by atoms with Gasteiger partial charge in [-0.05, 0) is 24.6 Å². The van der Waals surface area contributed by atoms with Crippen LogP contribution in [0, 0.1) is 24.7 Å². The highest BCUT2D eigenvalue weighted by Gasteiger charge is 2.18. The van der Waals surface area contributed by atoms with E-state index in [1.165, 1.54) is 24.6 Å². The number of hydrogen-bond acceptors (Lipinski definition) is 0. The molecule has 12 heavy (non-hydrogen) atoms. The minimum atomic E-state index is 0.202. The van der Waals surface area contributed by atoms with E-state index in [-0.39, 0.29) is 15.8 Å². The van der Waals surface area contributed by atoms with Crippen LogP contribution in [0.4, 0.5) is 0 Å². The standard InChI is InChI=1S/C10H14P2/c1-3-5-11-7-9-12(6-4-2)10-8-11/h1-2H,5-10H2. The van der Waals surface area contributed by atoms with Crippen molar-refractivity contribution in [2.45, 2.75) is 0 Å². The van der Waals surface area contributed by atoms with Gasteiger partial charge in [0.15, 0.2) is 0 Å². The molecule has 1 saturated heterocycles. The monoisotopic (exact) mass is 196 g/mol. The molecule has 0 aromatic rings. The van der Waals surface area contributed by atoms with Gasteiger partial charge >= 0.3 is 0 Å². The van der Waals surface area contributed by atoms with Crippen molar-refractivity contribution in [3.05, 3.63) is 0 Å². The average molecular weight is 196 g/mol. The number of hydrogen-bond donors (Lipinski definition) is 0. The Morgan fingerprint density at radius 2 is 1.17 bits per heavy atom. The highest BCUT2D eigenvalue weighted by atomic mass is 31.1. The van der Waals surface area contributed by atoms with Crippen molar-refractivity contribution >= 4 is 15.8 Å². The van der Waals surface area contributed by atoms with E-state index in [0.29, 0.717) is 0 Å². The smallest absolute Gasteiger partial charge is 0.0289 e. The van der Waals surface area contributed by atoms with Crippen LogP contribution < -0.4 is 0 Å². The molecule has 1 aliphatic rings. The molecular weight excluding hydrogens is 182 g/mol. The third-order valence-electron chi connectivity index (χ3n) is 2.09. The maximum absolute atomic E-state index is 5.29. The van der Waals surface area contributed by atoms with Crippen LogP contribution in [-0.2, 0) is 0 Å². The molecule has 0 amide bonds. The molecule has 0 unspecified atom stereocenters. The van der Waals surface area contributed by atoms with Gasteiger partial charge in [0, 0.05) is 12.3 Å². The van der Waals surface area contributed by atoms with E-state index in [1.807, 2.05) is 0 Å². The molecule has 0 aliphatic carbocycles. The van der Waals surface area contributed by atoms with Crippen molar-refractivity contribution in [1.29, 1.82) is 0 Å². The highest BCUT2D eigenvalue weighted by molar-refractivity contribution is 7.65. The lowest BCUT2D eigenvalue weighted by atomic mass is 10.8. The first-order valence-corrected chi connectivity index (χ1v) is 7.98. The Balaban J connectivity index is 2.22. The largest absolute Gasteiger partial charge is 0.120 e. The summed E-state index contributed by atoms with van der Waals surface area (Å²) in [4.78, 5) is 0. The van der Waals surface area contributed by atoms with Gasteiger partial charge in [-0.2, -0.15) is 0 Å². The van der Waals surface area contributed by atoms with Crippen molar-refractivity contribution in [2.24, 2.45) is 0 Å². The number of rotatable bonds is 2. The second-order valence-corrected chi connectivity index (χ2v) is 8.07. The van der Waals surface area contributed by atoms with Gasteiger partial charge in [-0.1, -0.05) is 15.8 Å². The molecule has 0 atom stereocenters. The fourth-order valence-electron chi connectivity index (χ4n) is 1.36. The van der Waals surface area contributed by atoms with Crippen molar-refractivity contribution in [1.82, 2.24) is 0 Å². The Bertz CT molecular complexity index is 177. The second-order valence-electron chi connectivity index (χ2n) is 2.96. The first-order valence-electron chi connectivity index (χ1n) is 4.18. The zero-order valence-electron chi connectivity index (χ0n) is 7.29. The molecular formula is C10H14P2. The van der Waals surface area contributed by atoms with Crippen molar-refractivity contribution in [3.8, 4) is 24.7 Å².